The third-order valence-electron chi connectivity index (χ3n) is 4.35. The van der Waals surface area contributed by atoms with Gasteiger partial charge < -0.3 is 19.7 Å². The Morgan fingerprint density at radius 2 is 1.96 bits per heavy atom. The van der Waals surface area contributed by atoms with Crippen molar-refractivity contribution in [2.24, 2.45) is 0 Å². The van der Waals surface area contributed by atoms with Crippen LogP contribution in [0.25, 0.3) is 0 Å². The zero-order valence-corrected chi connectivity index (χ0v) is 13.3. The fourth-order valence-corrected chi connectivity index (χ4v) is 2.84. The van der Waals surface area contributed by atoms with Crippen molar-refractivity contribution >= 4 is 11.7 Å². The Bertz CT molecular complexity index is 638. The molecule has 0 spiro atoms. The Hall–Kier alpha value is -2.16. The van der Waals surface area contributed by atoms with Crippen molar-refractivity contribution in [1.82, 2.24) is 9.80 Å². The molecule has 1 N–H and O–H groups in total. The molecule has 3 rings (SSSR count). The Morgan fingerprint density at radius 3 is 2.67 bits per heavy atom. The smallest absolute Gasteiger partial charge is 0.405 e. The van der Waals surface area contributed by atoms with Crippen LogP contribution in [0.1, 0.15) is 6.92 Å². The molecule has 2 unspecified atom stereocenters. The molecule has 0 aromatic heterocycles. The van der Waals surface area contributed by atoms with Crippen molar-refractivity contribution in [2.75, 3.05) is 32.2 Å². The first-order valence-electron chi connectivity index (χ1n) is 7.50. The van der Waals surface area contributed by atoms with E-state index in [0.717, 1.165) is 0 Å². The van der Waals surface area contributed by atoms with Crippen molar-refractivity contribution in [1.29, 1.82) is 0 Å². The highest BCUT2D eigenvalue weighted by Gasteiger charge is 2.47. The van der Waals surface area contributed by atoms with Crippen molar-refractivity contribution in [2.45, 2.75) is 25.2 Å². The van der Waals surface area contributed by atoms with E-state index in [1.54, 1.807) is 25.1 Å². The van der Waals surface area contributed by atoms with Gasteiger partial charge in [-0.25, -0.2) is 4.79 Å². The van der Waals surface area contributed by atoms with Gasteiger partial charge in [-0.3, -0.25) is 4.90 Å². The summed E-state index contributed by atoms with van der Waals surface area (Å²) in [6, 6.07) is 2.20. The van der Waals surface area contributed by atoms with Crippen LogP contribution >= 0.6 is 0 Å². The summed E-state index contributed by atoms with van der Waals surface area (Å²) >= 11 is 0. The molecular weight excluding hydrogens is 327 g/mol. The number of hydrogen-bond acceptors (Lipinski definition) is 4. The quantitative estimate of drug-likeness (QED) is 0.850. The second-order valence-electron chi connectivity index (χ2n) is 5.98. The van der Waals surface area contributed by atoms with Crippen LogP contribution in [0.4, 0.5) is 23.7 Å². The number of carbonyl (C=O) groups excluding carboxylic acids is 1. The molecule has 0 bridgehead atoms. The second kappa shape index (κ2) is 6.04. The van der Waals surface area contributed by atoms with Crippen LogP contribution in [0.15, 0.2) is 18.2 Å². The van der Waals surface area contributed by atoms with E-state index in [0.29, 0.717) is 17.2 Å². The van der Waals surface area contributed by atoms with Crippen LogP contribution in [0.3, 0.4) is 0 Å². The topological polar surface area (TPSA) is 54.0 Å². The fourth-order valence-electron chi connectivity index (χ4n) is 2.84. The van der Waals surface area contributed by atoms with E-state index in [4.69, 9.17) is 9.47 Å². The monoisotopic (exact) mass is 345 g/mol. The number of amides is 2. The van der Waals surface area contributed by atoms with Crippen LogP contribution in [0.2, 0.25) is 0 Å². The average Bonchev–Trinajstić information content (AvgIpc) is 2.96. The Labute approximate surface area is 137 Å². The summed E-state index contributed by atoms with van der Waals surface area (Å²) in [6.07, 6.45) is -4.39. The zero-order valence-electron chi connectivity index (χ0n) is 13.3. The summed E-state index contributed by atoms with van der Waals surface area (Å²) < 4.78 is 49.8. The molecule has 0 radical (unpaired) electrons. The van der Waals surface area contributed by atoms with Gasteiger partial charge in [0.1, 0.15) is 6.04 Å². The summed E-state index contributed by atoms with van der Waals surface area (Å²) in [5, 5.41) is 2.61. The number of anilines is 1. The number of piperazine rings is 1. The predicted octanol–water partition coefficient (Wildman–Crippen LogP) is 2.51. The van der Waals surface area contributed by atoms with Crippen LogP contribution in [-0.4, -0.2) is 61.0 Å². The van der Waals surface area contributed by atoms with Gasteiger partial charge in [0, 0.05) is 30.9 Å². The van der Waals surface area contributed by atoms with Gasteiger partial charge in [0.15, 0.2) is 11.5 Å². The fraction of sp³-hybridized carbons (Fsp3) is 0.533. The number of urea groups is 1. The van der Waals surface area contributed by atoms with Gasteiger partial charge >= 0.3 is 12.2 Å². The largest absolute Gasteiger partial charge is 0.454 e. The van der Waals surface area contributed by atoms with Gasteiger partial charge in [-0.2, -0.15) is 13.2 Å². The van der Waals surface area contributed by atoms with Gasteiger partial charge in [0.25, 0.3) is 0 Å². The standard InChI is InChI=1S/C15H18F3N3O3/c1-9-6-21(7-13(20(9)2)15(16,17)18)14(22)19-10-3-4-11-12(5-10)24-8-23-11/h3-5,9,13H,6-8H2,1-2H3,(H,19,22). The average molecular weight is 345 g/mol. The van der Waals surface area contributed by atoms with E-state index in [-0.39, 0.29) is 13.3 Å². The maximum Gasteiger partial charge on any atom is 0.405 e. The third-order valence-corrected chi connectivity index (χ3v) is 4.35. The molecular formula is C15H18F3N3O3. The number of carbonyl (C=O) groups is 1. The van der Waals surface area contributed by atoms with Crippen molar-refractivity contribution in [3.8, 4) is 11.5 Å². The third kappa shape index (κ3) is 3.21. The van der Waals surface area contributed by atoms with Crippen LogP contribution < -0.4 is 14.8 Å². The highest BCUT2D eigenvalue weighted by molar-refractivity contribution is 5.90. The molecule has 1 aromatic rings. The maximum atomic E-state index is 13.1. The van der Waals surface area contributed by atoms with E-state index in [2.05, 4.69) is 5.32 Å². The Kier molecular flexibility index (Phi) is 4.20. The number of fused-ring (bicyclic) bond motifs is 1. The number of nitrogens with zero attached hydrogens (tertiary/aromatic N) is 2. The molecule has 9 heteroatoms. The molecule has 1 aromatic carbocycles. The minimum Gasteiger partial charge on any atom is -0.454 e. The number of halogens is 3. The second-order valence-corrected chi connectivity index (χ2v) is 5.98. The highest BCUT2D eigenvalue weighted by atomic mass is 19.4. The summed E-state index contributed by atoms with van der Waals surface area (Å²) in [5.74, 6) is 1.06. The van der Waals surface area contributed by atoms with Gasteiger partial charge in [0.2, 0.25) is 6.79 Å². The van der Waals surface area contributed by atoms with Gasteiger partial charge in [-0.1, -0.05) is 0 Å². The lowest BCUT2D eigenvalue weighted by Gasteiger charge is -2.44. The number of ether oxygens (including phenoxy) is 2. The molecule has 6 nitrogen and oxygen atoms in total. The summed E-state index contributed by atoms with van der Waals surface area (Å²) in [5.41, 5.74) is 0.444. The lowest BCUT2D eigenvalue weighted by Crippen LogP contribution is -2.62. The van der Waals surface area contributed by atoms with Gasteiger partial charge in [0.05, 0.1) is 0 Å². The van der Waals surface area contributed by atoms with Crippen LogP contribution in [0.5, 0.6) is 11.5 Å². The minimum atomic E-state index is -4.39. The van der Waals surface area contributed by atoms with Crippen LogP contribution in [-0.2, 0) is 0 Å². The Balaban J connectivity index is 1.70. The molecule has 2 aliphatic rings. The number of hydrogen-bond donors (Lipinski definition) is 1. The molecule has 132 valence electrons. The minimum absolute atomic E-state index is 0.107. The first-order valence-corrected chi connectivity index (χ1v) is 7.50. The summed E-state index contributed by atoms with van der Waals surface area (Å²) in [6.45, 7) is 1.59. The first-order chi connectivity index (χ1) is 11.3. The number of benzene rings is 1. The molecule has 2 aliphatic heterocycles. The maximum absolute atomic E-state index is 13.1. The van der Waals surface area contributed by atoms with E-state index in [1.807, 2.05) is 0 Å². The van der Waals surface area contributed by atoms with Crippen molar-refractivity contribution < 1.29 is 27.4 Å². The molecule has 2 heterocycles. The normalized spacial score (nSPS) is 24.1. The van der Waals surface area contributed by atoms with Crippen LogP contribution in [0, 0.1) is 0 Å². The SMILES string of the molecule is CC1CN(C(=O)Nc2ccc3c(c2)OCO3)CC(C(F)(F)F)N1C. The lowest BCUT2D eigenvalue weighted by atomic mass is 10.1. The van der Waals surface area contributed by atoms with Gasteiger partial charge in [-0.05, 0) is 26.1 Å². The lowest BCUT2D eigenvalue weighted by molar-refractivity contribution is -0.196. The molecule has 1 fully saturated rings. The Morgan fingerprint density at radius 1 is 1.25 bits per heavy atom. The predicted molar refractivity (Wildman–Crippen MR) is 80.2 cm³/mol. The number of nitrogens with one attached hydrogen (secondary N) is 1. The number of likely N-dealkylation sites (N-methyl/N-ethyl adjacent to an activating group) is 1. The van der Waals surface area contributed by atoms with E-state index in [9.17, 15) is 18.0 Å². The van der Waals surface area contributed by atoms with Gasteiger partial charge in [-0.15, -0.1) is 0 Å². The highest BCUT2D eigenvalue weighted by Crippen LogP contribution is 2.34. The summed E-state index contributed by atoms with van der Waals surface area (Å²) in [4.78, 5) is 14.8. The number of rotatable bonds is 1. The molecule has 2 atom stereocenters. The number of alkyl halides is 3. The molecule has 1 saturated heterocycles. The molecule has 0 aliphatic carbocycles. The van der Waals surface area contributed by atoms with E-state index >= 15 is 0 Å². The van der Waals surface area contributed by atoms with E-state index < -0.39 is 30.8 Å². The zero-order chi connectivity index (χ0) is 17.5. The first kappa shape index (κ1) is 16.7. The molecule has 0 saturated carbocycles. The summed E-state index contributed by atoms with van der Waals surface area (Å²) in [7, 11) is 1.43. The van der Waals surface area contributed by atoms with E-state index in [1.165, 1.54) is 16.8 Å². The van der Waals surface area contributed by atoms with Crippen molar-refractivity contribution in [3.63, 3.8) is 0 Å². The van der Waals surface area contributed by atoms with Crippen molar-refractivity contribution in [3.05, 3.63) is 18.2 Å². The molecule has 24 heavy (non-hydrogen) atoms. The molecule has 2 amide bonds.